The van der Waals surface area contributed by atoms with Gasteiger partial charge in [-0.25, -0.2) is 0 Å². The molecule has 0 aliphatic rings. The second kappa shape index (κ2) is 3.73. The molecule has 2 nitrogen and oxygen atoms in total. The molecule has 0 bridgehead atoms. The van der Waals surface area contributed by atoms with Gasteiger partial charge in [-0.2, -0.15) is 4.79 Å². The van der Waals surface area contributed by atoms with E-state index in [1.807, 2.05) is 6.26 Å². The van der Waals surface area contributed by atoms with Crippen LogP contribution in [0.4, 0.5) is 0 Å². The van der Waals surface area contributed by atoms with Crippen LogP contribution in [0.15, 0.2) is 0 Å². The Balaban J connectivity index is 2.93. The molecule has 0 rings (SSSR count). The van der Waals surface area contributed by atoms with E-state index in [9.17, 15) is 0 Å². The van der Waals surface area contributed by atoms with E-state index < -0.39 is 0 Å². The van der Waals surface area contributed by atoms with Crippen molar-refractivity contribution < 1.29 is 4.79 Å². The van der Waals surface area contributed by atoms with Gasteiger partial charge in [-0.05, 0) is 6.26 Å². The molecule has 0 aromatic carbocycles. The highest BCUT2D eigenvalue weighted by molar-refractivity contribution is 8.11. The Morgan fingerprint density at radius 2 is 2.60 bits per heavy atom. The predicted octanol–water partition coefficient (Wildman–Crippen LogP) is 0.607. The number of rotatable bonds is 1. The Bertz CT molecular complexity index is 54.7. The van der Waals surface area contributed by atoms with Crippen molar-refractivity contribution in [2.75, 3.05) is 6.26 Å². The maximum absolute atomic E-state index is 7.61. The SMILES string of the molecule is CSC=[N+]=[N-]. The zero-order valence-electron chi connectivity index (χ0n) is 2.88. The first-order valence-corrected chi connectivity index (χ1v) is 2.39. The maximum Gasteiger partial charge on any atom is 0.314 e. The van der Waals surface area contributed by atoms with Gasteiger partial charge in [0.2, 0.25) is 0 Å². The molecule has 28 valence electrons. The van der Waals surface area contributed by atoms with E-state index in [1.54, 1.807) is 0 Å². The fraction of sp³-hybridized carbons (Fsp3) is 0.500. The largest absolute Gasteiger partial charge is 0.361 e. The van der Waals surface area contributed by atoms with E-state index >= 15 is 0 Å². The van der Waals surface area contributed by atoms with Crippen LogP contribution in [0.5, 0.6) is 0 Å². The van der Waals surface area contributed by atoms with Gasteiger partial charge in [-0.15, -0.1) is 0 Å². The van der Waals surface area contributed by atoms with E-state index in [0.29, 0.717) is 0 Å². The molecule has 0 aliphatic carbocycles. The number of thioether (sulfide) groups is 1. The van der Waals surface area contributed by atoms with Gasteiger partial charge in [0.1, 0.15) is 0 Å². The summed E-state index contributed by atoms with van der Waals surface area (Å²) in [5.74, 6) is 0. The van der Waals surface area contributed by atoms with Crippen molar-refractivity contribution in [2.45, 2.75) is 0 Å². The summed E-state index contributed by atoms with van der Waals surface area (Å²) >= 11 is 1.36. The number of hydrogen-bond donors (Lipinski definition) is 0. The molecule has 0 atom stereocenters. The van der Waals surface area contributed by atoms with Crippen molar-refractivity contribution in [3.8, 4) is 0 Å². The summed E-state index contributed by atoms with van der Waals surface area (Å²) in [6.07, 6.45) is 1.82. The summed E-state index contributed by atoms with van der Waals surface area (Å²) in [6, 6.07) is 0. The number of nitrogens with zero attached hydrogens (tertiary/aromatic N) is 2. The highest BCUT2D eigenvalue weighted by atomic mass is 32.2. The van der Waals surface area contributed by atoms with E-state index in [2.05, 4.69) is 4.79 Å². The summed E-state index contributed by atoms with van der Waals surface area (Å²) in [4.78, 5) is 2.69. The molecule has 0 saturated heterocycles. The van der Waals surface area contributed by atoms with Crippen molar-refractivity contribution in [1.82, 2.24) is 0 Å². The van der Waals surface area contributed by atoms with Gasteiger partial charge in [0.25, 0.3) is 0 Å². The van der Waals surface area contributed by atoms with Crippen molar-refractivity contribution in [2.24, 2.45) is 0 Å². The molecular formula is C2H4N2S. The fourth-order valence-corrected chi connectivity index (χ4v) is 0.141. The van der Waals surface area contributed by atoms with Gasteiger partial charge in [0.15, 0.2) is 0 Å². The van der Waals surface area contributed by atoms with Crippen LogP contribution in [0.25, 0.3) is 5.53 Å². The Kier molecular flexibility index (Phi) is 3.53. The molecular weight excluding hydrogens is 84.1 g/mol. The van der Waals surface area contributed by atoms with Gasteiger partial charge < -0.3 is 5.53 Å². The van der Waals surface area contributed by atoms with Crippen LogP contribution in [0.1, 0.15) is 0 Å². The molecule has 0 fully saturated rings. The Morgan fingerprint density at radius 3 is 2.60 bits per heavy atom. The van der Waals surface area contributed by atoms with Crippen molar-refractivity contribution in [1.29, 1.82) is 0 Å². The molecule has 0 saturated carbocycles. The number of hydrogen-bond acceptors (Lipinski definition) is 1. The van der Waals surface area contributed by atoms with Crippen LogP contribution < -0.4 is 0 Å². The lowest BCUT2D eigenvalue weighted by molar-refractivity contribution is 0.00838. The minimum Gasteiger partial charge on any atom is -0.361 e. The molecule has 3 heteroatoms. The molecule has 0 amide bonds. The molecule has 0 aliphatic heterocycles. The van der Waals surface area contributed by atoms with Gasteiger partial charge >= 0.3 is 5.55 Å². The smallest absolute Gasteiger partial charge is 0.314 e. The zero-order valence-corrected chi connectivity index (χ0v) is 3.70. The van der Waals surface area contributed by atoms with Crippen molar-refractivity contribution >= 4 is 17.3 Å². The standard InChI is InChI=1S/C2H4N2S/c1-5-2-4-3/h2H,1H3. The lowest BCUT2D eigenvalue weighted by Crippen LogP contribution is -1.53. The summed E-state index contributed by atoms with van der Waals surface area (Å²) in [6.45, 7) is 0. The zero-order chi connectivity index (χ0) is 4.12. The molecule has 0 radical (unpaired) electrons. The second-order valence-corrected chi connectivity index (χ2v) is 1.14. The van der Waals surface area contributed by atoms with E-state index in [1.165, 1.54) is 17.3 Å². The second-order valence-electron chi connectivity index (χ2n) is 0.457. The summed E-state index contributed by atoms with van der Waals surface area (Å²) in [7, 11) is 0. The summed E-state index contributed by atoms with van der Waals surface area (Å²) < 4.78 is 0. The first kappa shape index (κ1) is 4.73. The lowest BCUT2D eigenvalue weighted by atomic mass is 11.7. The minimum absolute atomic E-state index is 1.35. The van der Waals surface area contributed by atoms with Crippen LogP contribution in [0.2, 0.25) is 0 Å². The van der Waals surface area contributed by atoms with E-state index in [-0.39, 0.29) is 0 Å². The third kappa shape index (κ3) is 3.73. The summed E-state index contributed by atoms with van der Waals surface area (Å²) in [5, 5.41) is 0. The van der Waals surface area contributed by atoms with Crippen molar-refractivity contribution in [3.05, 3.63) is 5.53 Å². The monoisotopic (exact) mass is 88.0 g/mol. The quantitative estimate of drug-likeness (QED) is 0.200. The summed E-state index contributed by atoms with van der Waals surface area (Å²) in [5.41, 5.74) is 8.96. The highest BCUT2D eigenvalue weighted by Gasteiger charge is 1.61. The van der Waals surface area contributed by atoms with Crippen molar-refractivity contribution in [3.63, 3.8) is 0 Å². The normalized spacial score (nSPS) is 5.80. The van der Waals surface area contributed by atoms with Gasteiger partial charge in [0, 0.05) is 0 Å². The average Bonchev–Trinajstić information content (AvgIpc) is 1.41. The van der Waals surface area contributed by atoms with Crippen LogP contribution in [-0.4, -0.2) is 16.6 Å². The lowest BCUT2D eigenvalue weighted by Gasteiger charge is -1.51. The third-order valence-electron chi connectivity index (χ3n) is 0.153. The Labute approximate surface area is 34.8 Å². The fourth-order valence-electron chi connectivity index (χ4n) is 0.0471. The molecule has 0 aromatic rings. The predicted molar refractivity (Wildman–Crippen MR) is 23.2 cm³/mol. The van der Waals surface area contributed by atoms with Gasteiger partial charge in [-0.3, -0.25) is 0 Å². The molecule has 5 heavy (non-hydrogen) atoms. The van der Waals surface area contributed by atoms with Crippen LogP contribution in [0.3, 0.4) is 0 Å². The minimum atomic E-state index is 1.35. The topological polar surface area (TPSA) is 36.4 Å². The molecule has 0 N–H and O–H groups in total. The highest BCUT2D eigenvalue weighted by Crippen LogP contribution is 1.74. The van der Waals surface area contributed by atoms with E-state index in [0.717, 1.165) is 0 Å². The third-order valence-corrected chi connectivity index (χ3v) is 0.458. The first-order valence-electron chi connectivity index (χ1n) is 1.10. The maximum atomic E-state index is 7.61. The first-order chi connectivity index (χ1) is 2.41. The van der Waals surface area contributed by atoms with Gasteiger partial charge in [-0.1, -0.05) is 11.8 Å². The van der Waals surface area contributed by atoms with E-state index in [4.69, 9.17) is 5.53 Å². The molecule has 0 spiro atoms. The van der Waals surface area contributed by atoms with Crippen LogP contribution in [-0.2, 0) is 0 Å². The Morgan fingerprint density at radius 1 is 2.00 bits per heavy atom. The molecule has 0 unspecified atom stereocenters. The van der Waals surface area contributed by atoms with Crippen LogP contribution in [0, 0.1) is 0 Å². The van der Waals surface area contributed by atoms with Crippen LogP contribution >= 0.6 is 11.8 Å². The average molecular weight is 88.1 g/mol. The molecule has 0 heterocycles. The van der Waals surface area contributed by atoms with Gasteiger partial charge in [0.05, 0.1) is 0 Å². The Hall–Kier alpha value is -0.270. The molecule has 0 aromatic heterocycles.